The second kappa shape index (κ2) is 6.88. The van der Waals surface area contributed by atoms with Crippen LogP contribution in [0, 0.1) is 5.92 Å². The van der Waals surface area contributed by atoms with Gasteiger partial charge in [0, 0.05) is 12.3 Å². The number of nitrogens with zero attached hydrogens (tertiary/aromatic N) is 2. The Hall–Kier alpha value is -0.900. The van der Waals surface area contributed by atoms with E-state index < -0.39 is 0 Å². The van der Waals surface area contributed by atoms with E-state index in [-0.39, 0.29) is 0 Å². The van der Waals surface area contributed by atoms with Gasteiger partial charge in [0.25, 0.3) is 0 Å². The molecule has 102 valence electrons. The summed E-state index contributed by atoms with van der Waals surface area (Å²) in [6.07, 6.45) is 9.31. The molecular weight excluding hydrogens is 226 g/mol. The molecule has 1 aliphatic carbocycles. The molecule has 1 heterocycles. The lowest BCUT2D eigenvalue weighted by atomic mass is 10.1. The van der Waals surface area contributed by atoms with Gasteiger partial charge in [0.05, 0.1) is 0 Å². The van der Waals surface area contributed by atoms with Gasteiger partial charge < -0.3 is 10.3 Å². The van der Waals surface area contributed by atoms with E-state index in [1.54, 1.807) is 0 Å². The predicted octanol–water partition coefficient (Wildman–Crippen LogP) is 3.03. The Balaban J connectivity index is 1.72. The Labute approximate surface area is 109 Å². The van der Waals surface area contributed by atoms with Gasteiger partial charge in [-0.2, -0.15) is 4.98 Å². The third-order valence-corrected chi connectivity index (χ3v) is 3.89. The summed E-state index contributed by atoms with van der Waals surface area (Å²) in [5, 5.41) is 4.14. The van der Waals surface area contributed by atoms with Gasteiger partial charge in [-0.05, 0) is 44.6 Å². The fourth-order valence-corrected chi connectivity index (χ4v) is 2.75. The number of hydrogen-bond acceptors (Lipinski definition) is 4. The zero-order valence-electron chi connectivity index (χ0n) is 11.4. The number of hydrogen-bond donors (Lipinski definition) is 1. The van der Waals surface area contributed by atoms with Crippen molar-refractivity contribution in [2.24, 2.45) is 11.7 Å². The van der Waals surface area contributed by atoms with E-state index in [1.165, 1.54) is 32.1 Å². The second-order valence-corrected chi connectivity index (χ2v) is 5.61. The molecule has 1 aliphatic rings. The zero-order chi connectivity index (χ0) is 12.8. The molecule has 0 radical (unpaired) electrons. The van der Waals surface area contributed by atoms with Crippen molar-refractivity contribution in [2.45, 2.75) is 64.2 Å². The molecule has 4 heteroatoms. The van der Waals surface area contributed by atoms with Crippen LogP contribution in [0.25, 0.3) is 0 Å². The molecule has 0 aromatic carbocycles. The van der Waals surface area contributed by atoms with E-state index in [0.717, 1.165) is 43.4 Å². The molecule has 0 bridgehead atoms. The molecule has 0 saturated heterocycles. The van der Waals surface area contributed by atoms with E-state index >= 15 is 0 Å². The number of aryl methyl sites for hydroxylation is 1. The van der Waals surface area contributed by atoms with Crippen molar-refractivity contribution >= 4 is 0 Å². The topological polar surface area (TPSA) is 64.9 Å². The summed E-state index contributed by atoms with van der Waals surface area (Å²) in [5.74, 6) is 3.11. The van der Waals surface area contributed by atoms with Gasteiger partial charge in [-0.1, -0.05) is 24.9 Å². The SMILES string of the molecule is CC1CCC(c2noc(CCCCCCN)n2)C1. The maximum absolute atomic E-state index is 5.47. The normalized spacial score (nSPS) is 23.7. The number of rotatable bonds is 7. The largest absolute Gasteiger partial charge is 0.339 e. The Bertz CT molecular complexity index is 351. The van der Waals surface area contributed by atoms with Crippen LogP contribution in [0.15, 0.2) is 4.52 Å². The minimum atomic E-state index is 0.537. The molecule has 4 nitrogen and oxygen atoms in total. The minimum absolute atomic E-state index is 0.537. The van der Waals surface area contributed by atoms with E-state index in [2.05, 4.69) is 17.1 Å². The number of unbranched alkanes of at least 4 members (excludes halogenated alkanes) is 3. The van der Waals surface area contributed by atoms with Crippen LogP contribution in [0.5, 0.6) is 0 Å². The molecule has 0 spiro atoms. The highest BCUT2D eigenvalue weighted by atomic mass is 16.5. The molecule has 1 fully saturated rings. The lowest BCUT2D eigenvalue weighted by Crippen LogP contribution is -1.98. The Morgan fingerprint density at radius 1 is 1.22 bits per heavy atom. The van der Waals surface area contributed by atoms with E-state index in [1.807, 2.05) is 0 Å². The van der Waals surface area contributed by atoms with Gasteiger partial charge in [0.2, 0.25) is 5.89 Å². The third-order valence-electron chi connectivity index (χ3n) is 3.89. The Morgan fingerprint density at radius 2 is 2.06 bits per heavy atom. The maximum atomic E-state index is 5.47. The first-order valence-corrected chi connectivity index (χ1v) is 7.32. The van der Waals surface area contributed by atoms with Crippen molar-refractivity contribution < 1.29 is 4.52 Å². The van der Waals surface area contributed by atoms with Crippen molar-refractivity contribution in [2.75, 3.05) is 6.54 Å². The first kappa shape index (κ1) is 13.5. The fraction of sp³-hybridized carbons (Fsp3) is 0.857. The minimum Gasteiger partial charge on any atom is -0.339 e. The summed E-state index contributed by atoms with van der Waals surface area (Å²) in [6.45, 7) is 3.10. The highest BCUT2D eigenvalue weighted by Gasteiger charge is 2.26. The van der Waals surface area contributed by atoms with Crippen molar-refractivity contribution in [3.05, 3.63) is 11.7 Å². The summed E-state index contributed by atoms with van der Waals surface area (Å²) in [7, 11) is 0. The summed E-state index contributed by atoms with van der Waals surface area (Å²) >= 11 is 0. The molecule has 2 rings (SSSR count). The quantitative estimate of drug-likeness (QED) is 0.756. The predicted molar refractivity (Wildman–Crippen MR) is 71.3 cm³/mol. The van der Waals surface area contributed by atoms with Gasteiger partial charge in [-0.25, -0.2) is 0 Å². The molecule has 1 aromatic rings. The molecular formula is C14H25N3O. The van der Waals surface area contributed by atoms with E-state index in [0.29, 0.717) is 5.92 Å². The van der Waals surface area contributed by atoms with Crippen LogP contribution >= 0.6 is 0 Å². The maximum Gasteiger partial charge on any atom is 0.226 e. The van der Waals surface area contributed by atoms with Crippen LogP contribution in [0.3, 0.4) is 0 Å². The standard InChI is InChI=1S/C14H25N3O/c1-11-7-8-12(10-11)14-16-13(18-17-14)6-4-2-3-5-9-15/h11-12H,2-10,15H2,1H3. The van der Waals surface area contributed by atoms with Crippen molar-refractivity contribution in [3.63, 3.8) is 0 Å². The summed E-state index contributed by atoms with van der Waals surface area (Å²) in [5.41, 5.74) is 5.47. The first-order chi connectivity index (χ1) is 8.79. The lowest BCUT2D eigenvalue weighted by Gasteiger charge is -2.01. The average Bonchev–Trinajstić information content (AvgIpc) is 2.97. The lowest BCUT2D eigenvalue weighted by molar-refractivity contribution is 0.365. The van der Waals surface area contributed by atoms with Crippen LogP contribution < -0.4 is 5.73 Å². The zero-order valence-corrected chi connectivity index (χ0v) is 11.4. The monoisotopic (exact) mass is 251 g/mol. The van der Waals surface area contributed by atoms with Crippen molar-refractivity contribution in [1.29, 1.82) is 0 Å². The van der Waals surface area contributed by atoms with E-state index in [9.17, 15) is 0 Å². The Kier molecular flexibility index (Phi) is 5.17. The molecule has 18 heavy (non-hydrogen) atoms. The smallest absolute Gasteiger partial charge is 0.226 e. The molecule has 2 N–H and O–H groups in total. The van der Waals surface area contributed by atoms with Gasteiger partial charge in [-0.15, -0.1) is 0 Å². The summed E-state index contributed by atoms with van der Waals surface area (Å²) in [4.78, 5) is 4.54. The fourth-order valence-electron chi connectivity index (χ4n) is 2.75. The molecule has 1 saturated carbocycles. The van der Waals surface area contributed by atoms with Gasteiger partial charge in [-0.3, -0.25) is 0 Å². The van der Waals surface area contributed by atoms with Gasteiger partial charge in [0.1, 0.15) is 0 Å². The van der Waals surface area contributed by atoms with Crippen molar-refractivity contribution in [3.8, 4) is 0 Å². The molecule has 0 amide bonds. The second-order valence-electron chi connectivity index (χ2n) is 5.61. The van der Waals surface area contributed by atoms with Crippen LogP contribution in [-0.4, -0.2) is 16.7 Å². The molecule has 2 atom stereocenters. The van der Waals surface area contributed by atoms with Crippen LogP contribution in [0.2, 0.25) is 0 Å². The summed E-state index contributed by atoms with van der Waals surface area (Å²) in [6, 6.07) is 0. The van der Waals surface area contributed by atoms with Gasteiger partial charge >= 0.3 is 0 Å². The van der Waals surface area contributed by atoms with Crippen LogP contribution in [0.1, 0.15) is 69.5 Å². The Morgan fingerprint density at radius 3 is 2.78 bits per heavy atom. The average molecular weight is 251 g/mol. The number of aromatic nitrogens is 2. The third kappa shape index (κ3) is 3.80. The molecule has 0 aliphatic heterocycles. The highest BCUT2D eigenvalue weighted by Crippen LogP contribution is 2.36. The molecule has 2 unspecified atom stereocenters. The first-order valence-electron chi connectivity index (χ1n) is 7.32. The van der Waals surface area contributed by atoms with Crippen LogP contribution in [0.4, 0.5) is 0 Å². The van der Waals surface area contributed by atoms with Crippen LogP contribution in [-0.2, 0) is 6.42 Å². The number of nitrogens with two attached hydrogens (primary N) is 1. The van der Waals surface area contributed by atoms with Crippen molar-refractivity contribution in [1.82, 2.24) is 10.1 Å². The van der Waals surface area contributed by atoms with Gasteiger partial charge in [0.15, 0.2) is 5.82 Å². The van der Waals surface area contributed by atoms with E-state index in [4.69, 9.17) is 10.3 Å². The summed E-state index contributed by atoms with van der Waals surface area (Å²) < 4.78 is 5.33. The molecule has 1 aromatic heterocycles. The highest BCUT2D eigenvalue weighted by molar-refractivity contribution is 4.99.